The molecule has 0 fully saturated rings. The van der Waals surface area contributed by atoms with E-state index in [-0.39, 0.29) is 29.2 Å². The van der Waals surface area contributed by atoms with E-state index in [2.05, 4.69) is 20.5 Å². The van der Waals surface area contributed by atoms with Crippen LogP contribution in [0.15, 0.2) is 18.2 Å². The van der Waals surface area contributed by atoms with Crippen molar-refractivity contribution >= 4 is 11.8 Å². The van der Waals surface area contributed by atoms with Crippen molar-refractivity contribution in [2.24, 2.45) is 0 Å². The fourth-order valence-corrected chi connectivity index (χ4v) is 1.71. The van der Waals surface area contributed by atoms with Crippen LogP contribution in [0.1, 0.15) is 41.2 Å². The molecule has 21 heavy (non-hydrogen) atoms. The van der Waals surface area contributed by atoms with Crippen LogP contribution >= 0.6 is 0 Å². The average Bonchev–Trinajstić information content (AvgIpc) is 2.42. The summed E-state index contributed by atoms with van der Waals surface area (Å²) < 4.78 is 0. The Morgan fingerprint density at radius 3 is 2.38 bits per heavy atom. The lowest BCUT2D eigenvalue weighted by Gasteiger charge is -2.10. The number of nitrogens with one attached hydrogen (secondary N) is 2. The number of carbonyl (C=O) groups is 2. The first-order valence-corrected chi connectivity index (χ1v) is 7.11. The van der Waals surface area contributed by atoms with Gasteiger partial charge in [-0.1, -0.05) is 6.07 Å². The highest BCUT2D eigenvalue weighted by Crippen LogP contribution is 2.00. The maximum atomic E-state index is 12.0. The third-order valence-corrected chi connectivity index (χ3v) is 2.70. The van der Waals surface area contributed by atoms with Crippen molar-refractivity contribution in [2.45, 2.75) is 26.3 Å². The van der Waals surface area contributed by atoms with E-state index in [9.17, 15) is 9.59 Å². The molecule has 0 radical (unpaired) electrons. The summed E-state index contributed by atoms with van der Waals surface area (Å²) in [5, 5.41) is 5.55. The number of amides is 2. The molecule has 0 aliphatic rings. The molecule has 0 atom stereocenters. The molecule has 0 saturated carbocycles. The summed E-state index contributed by atoms with van der Waals surface area (Å²) in [4.78, 5) is 30.0. The summed E-state index contributed by atoms with van der Waals surface area (Å²) in [5.41, 5.74) is 0.515. The van der Waals surface area contributed by atoms with Crippen molar-refractivity contribution in [3.8, 4) is 0 Å². The Labute approximate surface area is 125 Å². The van der Waals surface area contributed by atoms with Crippen LogP contribution in [-0.2, 0) is 0 Å². The fourth-order valence-electron chi connectivity index (χ4n) is 1.71. The Hall–Kier alpha value is -1.95. The lowest BCUT2D eigenvalue weighted by Crippen LogP contribution is -2.32. The van der Waals surface area contributed by atoms with Crippen LogP contribution in [0.25, 0.3) is 0 Å². The maximum absolute atomic E-state index is 12.0. The van der Waals surface area contributed by atoms with Crippen molar-refractivity contribution in [2.75, 3.05) is 27.2 Å². The van der Waals surface area contributed by atoms with Crippen LogP contribution in [-0.4, -0.2) is 54.9 Å². The second kappa shape index (κ2) is 8.36. The number of rotatable bonds is 7. The minimum atomic E-state index is -0.271. The molecule has 0 unspecified atom stereocenters. The second-order valence-electron chi connectivity index (χ2n) is 5.45. The number of nitrogens with zero attached hydrogens (tertiary/aromatic N) is 2. The van der Waals surface area contributed by atoms with Gasteiger partial charge in [0.25, 0.3) is 11.8 Å². The molecule has 6 heteroatoms. The molecule has 6 nitrogen and oxygen atoms in total. The highest BCUT2D eigenvalue weighted by Gasteiger charge is 2.12. The van der Waals surface area contributed by atoms with Gasteiger partial charge in [-0.05, 0) is 53.0 Å². The molecule has 0 spiro atoms. The van der Waals surface area contributed by atoms with Crippen molar-refractivity contribution in [3.05, 3.63) is 29.6 Å². The van der Waals surface area contributed by atoms with E-state index in [1.807, 2.05) is 27.9 Å². The first-order valence-electron chi connectivity index (χ1n) is 7.11. The normalized spacial score (nSPS) is 10.8. The smallest absolute Gasteiger partial charge is 0.270 e. The summed E-state index contributed by atoms with van der Waals surface area (Å²) in [5.74, 6) is -0.528. The van der Waals surface area contributed by atoms with Gasteiger partial charge in [0, 0.05) is 12.6 Å². The van der Waals surface area contributed by atoms with Gasteiger partial charge in [-0.15, -0.1) is 0 Å². The number of carbonyl (C=O) groups excluding carboxylic acids is 2. The van der Waals surface area contributed by atoms with E-state index in [0.29, 0.717) is 6.54 Å². The van der Waals surface area contributed by atoms with Gasteiger partial charge in [0.15, 0.2) is 0 Å². The predicted molar refractivity (Wildman–Crippen MR) is 82.3 cm³/mol. The standard InChI is InChI=1S/C15H24N4O2/c1-11(2)17-15(21)13-8-5-7-12(18-13)14(20)16-9-6-10-19(3)4/h5,7-8,11H,6,9-10H2,1-4H3,(H,16,20)(H,17,21). The zero-order chi connectivity index (χ0) is 15.8. The topological polar surface area (TPSA) is 74.3 Å². The SMILES string of the molecule is CC(C)NC(=O)c1cccc(C(=O)NCCCN(C)C)n1. The molecule has 1 aromatic heterocycles. The number of hydrogen-bond acceptors (Lipinski definition) is 4. The summed E-state index contributed by atoms with van der Waals surface area (Å²) in [6.07, 6.45) is 0.867. The van der Waals surface area contributed by atoms with E-state index in [0.717, 1.165) is 13.0 Å². The second-order valence-corrected chi connectivity index (χ2v) is 5.45. The lowest BCUT2D eigenvalue weighted by atomic mass is 10.2. The largest absolute Gasteiger partial charge is 0.351 e. The maximum Gasteiger partial charge on any atom is 0.270 e. The Kier molecular flexibility index (Phi) is 6.81. The summed E-state index contributed by atoms with van der Waals surface area (Å²) in [6.45, 7) is 5.24. The Balaban J connectivity index is 2.58. The monoisotopic (exact) mass is 292 g/mol. The van der Waals surface area contributed by atoms with Crippen LogP contribution in [0.3, 0.4) is 0 Å². The third kappa shape index (κ3) is 6.35. The Morgan fingerprint density at radius 2 is 1.81 bits per heavy atom. The summed E-state index contributed by atoms with van der Waals surface area (Å²) in [6, 6.07) is 4.90. The van der Waals surface area contributed by atoms with Gasteiger partial charge in [-0.3, -0.25) is 9.59 Å². The minimum absolute atomic E-state index is 0.0304. The van der Waals surface area contributed by atoms with Crippen molar-refractivity contribution in [1.82, 2.24) is 20.5 Å². The lowest BCUT2D eigenvalue weighted by molar-refractivity contribution is 0.0936. The van der Waals surface area contributed by atoms with Gasteiger partial charge < -0.3 is 15.5 Å². The molecule has 2 amide bonds. The molecular formula is C15H24N4O2. The fraction of sp³-hybridized carbons (Fsp3) is 0.533. The number of aromatic nitrogens is 1. The molecular weight excluding hydrogens is 268 g/mol. The van der Waals surface area contributed by atoms with E-state index < -0.39 is 0 Å². The van der Waals surface area contributed by atoms with Gasteiger partial charge in [0.2, 0.25) is 0 Å². The van der Waals surface area contributed by atoms with E-state index in [4.69, 9.17) is 0 Å². The minimum Gasteiger partial charge on any atom is -0.351 e. The van der Waals surface area contributed by atoms with E-state index in [1.165, 1.54) is 0 Å². The molecule has 2 N–H and O–H groups in total. The third-order valence-electron chi connectivity index (χ3n) is 2.70. The molecule has 1 aromatic rings. The Bertz CT molecular complexity index is 486. The highest BCUT2D eigenvalue weighted by molar-refractivity contribution is 5.96. The van der Waals surface area contributed by atoms with Gasteiger partial charge in [0.05, 0.1) is 0 Å². The number of pyridine rings is 1. The van der Waals surface area contributed by atoms with Gasteiger partial charge in [-0.25, -0.2) is 4.98 Å². The van der Waals surface area contributed by atoms with Crippen LogP contribution in [0, 0.1) is 0 Å². The van der Waals surface area contributed by atoms with E-state index in [1.54, 1.807) is 18.2 Å². The van der Waals surface area contributed by atoms with Crippen LogP contribution < -0.4 is 10.6 Å². The molecule has 0 saturated heterocycles. The quantitative estimate of drug-likeness (QED) is 0.732. The number of hydrogen-bond donors (Lipinski definition) is 2. The first-order chi connectivity index (χ1) is 9.90. The molecule has 1 heterocycles. The van der Waals surface area contributed by atoms with Crippen LogP contribution in [0.2, 0.25) is 0 Å². The van der Waals surface area contributed by atoms with Crippen molar-refractivity contribution in [3.63, 3.8) is 0 Å². The molecule has 0 bridgehead atoms. The van der Waals surface area contributed by atoms with Crippen LogP contribution in [0.5, 0.6) is 0 Å². The average molecular weight is 292 g/mol. The van der Waals surface area contributed by atoms with Crippen LogP contribution in [0.4, 0.5) is 0 Å². The highest BCUT2D eigenvalue weighted by atomic mass is 16.2. The van der Waals surface area contributed by atoms with E-state index >= 15 is 0 Å². The van der Waals surface area contributed by atoms with Gasteiger partial charge in [-0.2, -0.15) is 0 Å². The molecule has 116 valence electrons. The summed E-state index contributed by atoms with van der Waals surface area (Å²) >= 11 is 0. The van der Waals surface area contributed by atoms with Crippen molar-refractivity contribution in [1.29, 1.82) is 0 Å². The molecule has 0 aliphatic carbocycles. The molecule has 0 aliphatic heterocycles. The summed E-state index contributed by atoms with van der Waals surface area (Å²) in [7, 11) is 3.97. The van der Waals surface area contributed by atoms with Gasteiger partial charge >= 0.3 is 0 Å². The zero-order valence-corrected chi connectivity index (χ0v) is 13.1. The molecule has 0 aromatic carbocycles. The Morgan fingerprint density at radius 1 is 1.19 bits per heavy atom. The molecule has 1 rings (SSSR count). The first kappa shape index (κ1) is 17.1. The predicted octanol–water partition coefficient (Wildman–Crippen LogP) is 0.901. The zero-order valence-electron chi connectivity index (χ0n) is 13.1. The van der Waals surface area contributed by atoms with Gasteiger partial charge in [0.1, 0.15) is 11.4 Å². The van der Waals surface area contributed by atoms with Crippen molar-refractivity contribution < 1.29 is 9.59 Å².